The zero-order valence-electron chi connectivity index (χ0n) is 12.1. The fourth-order valence-electron chi connectivity index (χ4n) is 2.74. The molecule has 0 aliphatic carbocycles. The van der Waals surface area contributed by atoms with E-state index in [2.05, 4.69) is 37.2 Å². The molecule has 0 amide bonds. The number of aryl methyl sites for hydroxylation is 1. The van der Waals surface area contributed by atoms with E-state index in [0.29, 0.717) is 6.04 Å². The van der Waals surface area contributed by atoms with E-state index >= 15 is 0 Å². The first-order valence-corrected chi connectivity index (χ1v) is 7.06. The highest BCUT2D eigenvalue weighted by Crippen LogP contribution is 2.24. The average molecular weight is 257 g/mol. The first-order valence-electron chi connectivity index (χ1n) is 7.06. The van der Waals surface area contributed by atoms with E-state index in [-0.39, 0.29) is 0 Å². The van der Waals surface area contributed by atoms with E-state index in [1.54, 1.807) is 0 Å². The molecule has 0 aromatic heterocycles. The van der Waals surface area contributed by atoms with Crippen molar-refractivity contribution in [3.8, 4) is 6.07 Å². The van der Waals surface area contributed by atoms with Gasteiger partial charge in [0.15, 0.2) is 0 Å². The van der Waals surface area contributed by atoms with Crippen molar-refractivity contribution < 1.29 is 0 Å². The van der Waals surface area contributed by atoms with Crippen LogP contribution in [0.4, 0.5) is 5.69 Å². The van der Waals surface area contributed by atoms with Gasteiger partial charge in [-0.3, -0.25) is 0 Å². The van der Waals surface area contributed by atoms with Gasteiger partial charge in [-0.05, 0) is 70.4 Å². The Kier molecular flexibility index (Phi) is 4.44. The van der Waals surface area contributed by atoms with Crippen molar-refractivity contribution in [3.05, 3.63) is 29.3 Å². The molecule has 1 N–H and O–H groups in total. The quantitative estimate of drug-likeness (QED) is 0.904. The van der Waals surface area contributed by atoms with Gasteiger partial charge in [-0.15, -0.1) is 0 Å². The molecule has 0 radical (unpaired) electrons. The number of benzene rings is 1. The summed E-state index contributed by atoms with van der Waals surface area (Å²) >= 11 is 0. The number of anilines is 1. The molecule has 0 bridgehead atoms. The summed E-state index contributed by atoms with van der Waals surface area (Å²) in [6, 6.07) is 8.52. The van der Waals surface area contributed by atoms with E-state index in [9.17, 15) is 0 Å². The van der Waals surface area contributed by atoms with Crippen LogP contribution in [0.15, 0.2) is 18.2 Å². The summed E-state index contributed by atoms with van der Waals surface area (Å²) in [4.78, 5) is 2.39. The zero-order chi connectivity index (χ0) is 13.8. The minimum absolute atomic E-state index is 0.460. The van der Waals surface area contributed by atoms with Gasteiger partial charge in [0.05, 0.1) is 11.6 Å². The average Bonchev–Trinajstić information content (AvgIpc) is 2.42. The van der Waals surface area contributed by atoms with E-state index in [4.69, 9.17) is 5.26 Å². The van der Waals surface area contributed by atoms with Gasteiger partial charge < -0.3 is 10.2 Å². The predicted molar refractivity (Wildman–Crippen MR) is 79.2 cm³/mol. The van der Waals surface area contributed by atoms with Crippen LogP contribution >= 0.6 is 0 Å². The number of nitriles is 1. The van der Waals surface area contributed by atoms with Crippen LogP contribution in [0.1, 0.15) is 30.9 Å². The minimum atomic E-state index is 0.460. The molecule has 1 aliphatic heterocycles. The van der Waals surface area contributed by atoms with Gasteiger partial charge in [0.25, 0.3) is 0 Å². The second-order valence-corrected chi connectivity index (χ2v) is 5.72. The summed E-state index contributed by atoms with van der Waals surface area (Å²) in [5, 5.41) is 12.6. The van der Waals surface area contributed by atoms with Crippen molar-refractivity contribution in [2.45, 2.75) is 32.7 Å². The molecule has 3 nitrogen and oxygen atoms in total. The van der Waals surface area contributed by atoms with Crippen molar-refractivity contribution in [1.29, 1.82) is 5.26 Å². The molecule has 1 aromatic carbocycles. The Labute approximate surface area is 116 Å². The Morgan fingerprint density at radius 1 is 1.37 bits per heavy atom. The summed E-state index contributed by atoms with van der Waals surface area (Å²) < 4.78 is 0. The van der Waals surface area contributed by atoms with Crippen LogP contribution < -0.4 is 5.32 Å². The summed E-state index contributed by atoms with van der Waals surface area (Å²) in [6.07, 6.45) is 2.50. The molecule has 1 aliphatic rings. The summed E-state index contributed by atoms with van der Waals surface area (Å²) in [5.41, 5.74) is 3.04. The third kappa shape index (κ3) is 3.48. The van der Waals surface area contributed by atoms with Crippen LogP contribution in [-0.2, 0) is 0 Å². The second kappa shape index (κ2) is 6.08. The lowest BCUT2D eigenvalue weighted by molar-refractivity contribution is 0.208. The maximum atomic E-state index is 8.98. The van der Waals surface area contributed by atoms with Gasteiger partial charge >= 0.3 is 0 Å². The van der Waals surface area contributed by atoms with E-state index < -0.39 is 0 Å². The van der Waals surface area contributed by atoms with Crippen LogP contribution in [-0.4, -0.2) is 31.1 Å². The highest BCUT2D eigenvalue weighted by molar-refractivity contribution is 5.55. The molecule has 19 heavy (non-hydrogen) atoms. The van der Waals surface area contributed by atoms with Gasteiger partial charge in [0, 0.05) is 11.7 Å². The van der Waals surface area contributed by atoms with E-state index in [1.165, 1.54) is 31.5 Å². The summed E-state index contributed by atoms with van der Waals surface area (Å²) in [5.74, 6) is 0.723. The van der Waals surface area contributed by atoms with Crippen molar-refractivity contribution in [1.82, 2.24) is 4.90 Å². The van der Waals surface area contributed by atoms with Gasteiger partial charge in [-0.2, -0.15) is 5.26 Å². The standard InChI is InChI=1S/C16H23N3/c1-12-4-5-14(11-17)10-16(12)18-13(2)15-6-8-19(3)9-7-15/h4-5,10,13,15,18H,6-9H2,1-3H3. The highest BCUT2D eigenvalue weighted by atomic mass is 15.1. The topological polar surface area (TPSA) is 39.1 Å². The van der Waals surface area contributed by atoms with Crippen molar-refractivity contribution in [3.63, 3.8) is 0 Å². The lowest BCUT2D eigenvalue weighted by Crippen LogP contribution is -2.37. The molecule has 1 heterocycles. The van der Waals surface area contributed by atoms with Crippen molar-refractivity contribution in [2.75, 3.05) is 25.5 Å². The van der Waals surface area contributed by atoms with E-state index in [1.807, 2.05) is 18.2 Å². The third-order valence-corrected chi connectivity index (χ3v) is 4.22. The molecule has 1 fully saturated rings. The second-order valence-electron chi connectivity index (χ2n) is 5.72. The number of piperidine rings is 1. The van der Waals surface area contributed by atoms with Crippen LogP contribution in [0.3, 0.4) is 0 Å². The Morgan fingerprint density at radius 2 is 2.05 bits per heavy atom. The van der Waals surface area contributed by atoms with Gasteiger partial charge in [0.2, 0.25) is 0 Å². The number of nitrogens with zero attached hydrogens (tertiary/aromatic N) is 2. The summed E-state index contributed by atoms with van der Waals surface area (Å²) in [7, 11) is 2.19. The number of nitrogens with one attached hydrogen (secondary N) is 1. The fourth-order valence-corrected chi connectivity index (χ4v) is 2.74. The molecule has 1 atom stereocenters. The van der Waals surface area contributed by atoms with Crippen molar-refractivity contribution >= 4 is 5.69 Å². The molecular weight excluding hydrogens is 234 g/mol. The third-order valence-electron chi connectivity index (χ3n) is 4.22. The van der Waals surface area contributed by atoms with Crippen LogP contribution in [0.5, 0.6) is 0 Å². The SMILES string of the molecule is Cc1ccc(C#N)cc1NC(C)C1CCN(C)CC1. The number of hydrogen-bond donors (Lipinski definition) is 1. The minimum Gasteiger partial charge on any atom is -0.382 e. The first kappa shape index (κ1) is 13.9. The molecule has 1 aromatic rings. The fraction of sp³-hybridized carbons (Fsp3) is 0.562. The summed E-state index contributed by atoms with van der Waals surface area (Å²) in [6.45, 7) is 6.72. The number of likely N-dealkylation sites (tertiary alicyclic amines) is 1. The number of rotatable bonds is 3. The van der Waals surface area contributed by atoms with E-state index in [0.717, 1.165) is 17.2 Å². The lowest BCUT2D eigenvalue weighted by atomic mass is 9.90. The van der Waals surface area contributed by atoms with Crippen molar-refractivity contribution in [2.24, 2.45) is 5.92 Å². The largest absolute Gasteiger partial charge is 0.382 e. The van der Waals surface area contributed by atoms with Crippen LogP contribution in [0, 0.1) is 24.2 Å². The zero-order valence-corrected chi connectivity index (χ0v) is 12.1. The molecule has 0 saturated carbocycles. The van der Waals surface area contributed by atoms with Gasteiger partial charge in [-0.1, -0.05) is 6.07 Å². The molecular formula is C16H23N3. The Balaban J connectivity index is 2.02. The maximum absolute atomic E-state index is 8.98. The van der Waals surface area contributed by atoms with Crippen LogP contribution in [0.25, 0.3) is 0 Å². The Bertz CT molecular complexity index is 467. The molecule has 102 valence electrons. The molecule has 1 saturated heterocycles. The maximum Gasteiger partial charge on any atom is 0.0992 e. The Hall–Kier alpha value is -1.53. The molecule has 2 rings (SSSR count). The molecule has 3 heteroatoms. The normalized spacial score (nSPS) is 18.8. The van der Waals surface area contributed by atoms with Gasteiger partial charge in [-0.25, -0.2) is 0 Å². The smallest absolute Gasteiger partial charge is 0.0992 e. The monoisotopic (exact) mass is 257 g/mol. The van der Waals surface area contributed by atoms with Gasteiger partial charge in [0.1, 0.15) is 0 Å². The first-order chi connectivity index (χ1) is 9.10. The molecule has 1 unspecified atom stereocenters. The Morgan fingerprint density at radius 3 is 2.68 bits per heavy atom. The number of hydrogen-bond acceptors (Lipinski definition) is 3. The molecule has 0 spiro atoms. The van der Waals surface area contributed by atoms with Crippen LogP contribution in [0.2, 0.25) is 0 Å². The predicted octanol–water partition coefficient (Wildman–Crippen LogP) is 3.01. The highest BCUT2D eigenvalue weighted by Gasteiger charge is 2.22. The lowest BCUT2D eigenvalue weighted by Gasteiger charge is -2.33.